The molecule has 4 N–H and O–H groups in total. The van der Waals surface area contributed by atoms with Gasteiger partial charge in [-0.2, -0.15) is 0 Å². The van der Waals surface area contributed by atoms with Crippen molar-refractivity contribution in [1.82, 2.24) is 21.3 Å². The molecule has 2 fully saturated rings. The molecule has 3 atom stereocenters. The minimum Gasteiger partial charge on any atom is -0.296 e. The molecule has 0 saturated carbocycles. The molecule has 0 aromatic carbocycles. The fourth-order valence-corrected chi connectivity index (χ4v) is 2.31. The predicted octanol–water partition coefficient (Wildman–Crippen LogP) is -0.807. The average Bonchev–Trinajstić information content (AvgIpc) is 2.07. The lowest BCUT2D eigenvalue weighted by Gasteiger charge is -2.56. The van der Waals surface area contributed by atoms with Gasteiger partial charge in [-0.25, -0.2) is 0 Å². The summed E-state index contributed by atoms with van der Waals surface area (Å²) in [6.07, 6.45) is 0. The van der Waals surface area contributed by atoms with Gasteiger partial charge in [-0.05, 0) is 20.8 Å². The van der Waals surface area contributed by atoms with Crippen LogP contribution in [0, 0.1) is 0 Å². The first-order valence-corrected chi connectivity index (χ1v) is 5.08. The van der Waals surface area contributed by atoms with Gasteiger partial charge in [0, 0.05) is 25.7 Å². The monoisotopic (exact) mass is 184 g/mol. The SMILES string of the molecule is CC1CN[C@]2(C)NCCN[C@]2(C)N1. The fraction of sp³-hybridized carbons (Fsp3) is 1.00. The second kappa shape index (κ2) is 2.92. The molecular formula is C9H20N4. The normalized spacial score (nSPS) is 51.5. The van der Waals surface area contributed by atoms with Crippen LogP contribution in [0.3, 0.4) is 0 Å². The summed E-state index contributed by atoms with van der Waals surface area (Å²) in [5, 5.41) is 14.2. The zero-order chi connectivity index (χ0) is 9.53. The highest BCUT2D eigenvalue weighted by atomic mass is 15.4. The van der Waals surface area contributed by atoms with Gasteiger partial charge >= 0.3 is 0 Å². The van der Waals surface area contributed by atoms with Crippen LogP contribution in [0.15, 0.2) is 0 Å². The molecule has 0 aliphatic carbocycles. The van der Waals surface area contributed by atoms with Crippen molar-refractivity contribution in [3.63, 3.8) is 0 Å². The molecule has 2 aliphatic heterocycles. The first-order valence-electron chi connectivity index (χ1n) is 5.08. The largest absolute Gasteiger partial charge is 0.296 e. The number of fused-ring (bicyclic) bond motifs is 1. The molecule has 0 amide bonds. The van der Waals surface area contributed by atoms with Gasteiger partial charge in [-0.3, -0.25) is 21.3 Å². The van der Waals surface area contributed by atoms with Crippen molar-refractivity contribution >= 4 is 0 Å². The Morgan fingerprint density at radius 3 is 2.31 bits per heavy atom. The van der Waals surface area contributed by atoms with Crippen LogP contribution < -0.4 is 21.3 Å². The predicted molar refractivity (Wildman–Crippen MR) is 53.4 cm³/mol. The summed E-state index contributed by atoms with van der Waals surface area (Å²) < 4.78 is 0. The maximum Gasteiger partial charge on any atom is 0.0981 e. The molecule has 76 valence electrons. The Labute approximate surface area is 79.8 Å². The summed E-state index contributed by atoms with van der Waals surface area (Å²) in [6, 6.07) is 0.519. The van der Waals surface area contributed by atoms with E-state index in [1.165, 1.54) is 0 Å². The summed E-state index contributed by atoms with van der Waals surface area (Å²) in [7, 11) is 0. The molecule has 1 unspecified atom stereocenters. The lowest BCUT2D eigenvalue weighted by molar-refractivity contribution is 0.0223. The number of rotatable bonds is 0. The van der Waals surface area contributed by atoms with Crippen molar-refractivity contribution in [3.05, 3.63) is 0 Å². The molecule has 13 heavy (non-hydrogen) atoms. The zero-order valence-electron chi connectivity index (χ0n) is 8.70. The Balaban J connectivity index is 2.20. The van der Waals surface area contributed by atoms with E-state index < -0.39 is 0 Å². The molecule has 0 bridgehead atoms. The van der Waals surface area contributed by atoms with E-state index in [0.29, 0.717) is 6.04 Å². The molecule has 4 heteroatoms. The lowest BCUT2D eigenvalue weighted by Crippen LogP contribution is -2.86. The number of piperazine rings is 2. The highest BCUT2D eigenvalue weighted by molar-refractivity contribution is 5.09. The van der Waals surface area contributed by atoms with E-state index >= 15 is 0 Å². The van der Waals surface area contributed by atoms with Crippen molar-refractivity contribution in [2.45, 2.75) is 38.1 Å². The van der Waals surface area contributed by atoms with Crippen LogP contribution in [-0.4, -0.2) is 37.0 Å². The molecule has 2 heterocycles. The quantitative estimate of drug-likeness (QED) is 0.398. The van der Waals surface area contributed by atoms with Gasteiger partial charge in [0.1, 0.15) is 0 Å². The third-order valence-corrected chi connectivity index (χ3v) is 3.38. The van der Waals surface area contributed by atoms with E-state index in [1.54, 1.807) is 0 Å². The highest BCUT2D eigenvalue weighted by Gasteiger charge is 2.49. The minimum atomic E-state index is -0.0388. The van der Waals surface area contributed by atoms with Crippen molar-refractivity contribution in [3.8, 4) is 0 Å². The van der Waals surface area contributed by atoms with E-state index in [-0.39, 0.29) is 11.3 Å². The Hall–Kier alpha value is -0.160. The average molecular weight is 184 g/mol. The molecule has 0 spiro atoms. The third-order valence-electron chi connectivity index (χ3n) is 3.38. The second-order valence-corrected chi connectivity index (χ2v) is 4.53. The van der Waals surface area contributed by atoms with Crippen LogP contribution in [0.25, 0.3) is 0 Å². The topological polar surface area (TPSA) is 48.1 Å². The van der Waals surface area contributed by atoms with E-state index in [9.17, 15) is 0 Å². The van der Waals surface area contributed by atoms with Crippen molar-refractivity contribution in [2.24, 2.45) is 0 Å². The number of nitrogens with one attached hydrogen (secondary N) is 4. The van der Waals surface area contributed by atoms with Gasteiger partial charge in [0.05, 0.1) is 11.3 Å². The molecule has 4 nitrogen and oxygen atoms in total. The summed E-state index contributed by atoms with van der Waals surface area (Å²) in [4.78, 5) is 0. The third kappa shape index (κ3) is 1.38. The van der Waals surface area contributed by atoms with Crippen LogP contribution >= 0.6 is 0 Å². The van der Waals surface area contributed by atoms with Crippen LogP contribution in [0.5, 0.6) is 0 Å². The molecule has 0 radical (unpaired) electrons. The van der Waals surface area contributed by atoms with Gasteiger partial charge in [-0.1, -0.05) is 0 Å². The molecule has 2 saturated heterocycles. The zero-order valence-corrected chi connectivity index (χ0v) is 8.70. The maximum absolute atomic E-state index is 3.60. The first-order chi connectivity index (χ1) is 6.06. The summed E-state index contributed by atoms with van der Waals surface area (Å²) in [5.41, 5.74) is -0.0688. The first kappa shape index (κ1) is 9.40. The minimum absolute atomic E-state index is 0.0300. The maximum atomic E-state index is 3.60. The van der Waals surface area contributed by atoms with E-state index in [1.807, 2.05) is 0 Å². The van der Waals surface area contributed by atoms with Crippen LogP contribution in [-0.2, 0) is 0 Å². The Bertz CT molecular complexity index is 208. The number of hydrogen-bond acceptors (Lipinski definition) is 4. The van der Waals surface area contributed by atoms with Crippen molar-refractivity contribution in [2.75, 3.05) is 19.6 Å². The molecule has 0 aromatic heterocycles. The Morgan fingerprint density at radius 2 is 1.62 bits per heavy atom. The summed E-state index contributed by atoms with van der Waals surface area (Å²) in [6.45, 7) is 9.68. The van der Waals surface area contributed by atoms with Gasteiger partial charge in [0.2, 0.25) is 0 Å². The van der Waals surface area contributed by atoms with E-state index in [2.05, 4.69) is 42.0 Å². The van der Waals surface area contributed by atoms with Crippen molar-refractivity contribution < 1.29 is 0 Å². The van der Waals surface area contributed by atoms with E-state index in [0.717, 1.165) is 19.6 Å². The molecular weight excluding hydrogens is 164 g/mol. The van der Waals surface area contributed by atoms with Crippen molar-refractivity contribution in [1.29, 1.82) is 0 Å². The Kier molecular flexibility index (Phi) is 2.11. The van der Waals surface area contributed by atoms with Crippen LogP contribution in [0.2, 0.25) is 0 Å². The standard InChI is InChI=1S/C9H20N4/c1-7-6-12-8(2)9(3,13-7)11-5-4-10-8/h7,10-13H,4-6H2,1-3H3/t7?,8-,9+/m0/s1. The van der Waals surface area contributed by atoms with Crippen LogP contribution in [0.1, 0.15) is 20.8 Å². The van der Waals surface area contributed by atoms with Gasteiger partial charge in [0.15, 0.2) is 0 Å². The summed E-state index contributed by atoms with van der Waals surface area (Å²) in [5.74, 6) is 0. The van der Waals surface area contributed by atoms with Gasteiger partial charge < -0.3 is 0 Å². The highest BCUT2D eigenvalue weighted by Crippen LogP contribution is 2.22. The summed E-state index contributed by atoms with van der Waals surface area (Å²) >= 11 is 0. The lowest BCUT2D eigenvalue weighted by atomic mass is 9.89. The van der Waals surface area contributed by atoms with Gasteiger partial charge in [0.25, 0.3) is 0 Å². The number of hydrogen-bond donors (Lipinski definition) is 4. The molecule has 0 aromatic rings. The van der Waals surface area contributed by atoms with Crippen LogP contribution in [0.4, 0.5) is 0 Å². The fourth-order valence-electron chi connectivity index (χ4n) is 2.31. The smallest absolute Gasteiger partial charge is 0.0981 e. The molecule has 2 rings (SSSR count). The second-order valence-electron chi connectivity index (χ2n) is 4.53. The Morgan fingerprint density at radius 1 is 1.00 bits per heavy atom. The van der Waals surface area contributed by atoms with Gasteiger partial charge in [-0.15, -0.1) is 0 Å². The molecule has 2 aliphatic rings. The van der Waals surface area contributed by atoms with E-state index in [4.69, 9.17) is 0 Å².